The molecule has 3 aromatic rings. The molecule has 0 bridgehead atoms. The molecule has 198 valence electrons. The molecular formula is C32H35ClN2O3. The number of aliphatic carboxylic acids is 1. The lowest BCUT2D eigenvalue weighted by Gasteiger charge is -2.47. The van der Waals surface area contributed by atoms with E-state index in [0.29, 0.717) is 36.3 Å². The van der Waals surface area contributed by atoms with Gasteiger partial charge in [0.25, 0.3) is 0 Å². The van der Waals surface area contributed by atoms with Crippen LogP contribution in [0.4, 0.5) is 5.69 Å². The van der Waals surface area contributed by atoms with Crippen molar-refractivity contribution in [3.63, 3.8) is 0 Å². The Labute approximate surface area is 229 Å². The summed E-state index contributed by atoms with van der Waals surface area (Å²) >= 11 is 6.19. The maximum absolute atomic E-state index is 12.6. The van der Waals surface area contributed by atoms with E-state index in [2.05, 4.69) is 34.6 Å². The minimum absolute atomic E-state index is 0.0153. The van der Waals surface area contributed by atoms with Crippen LogP contribution in [0.2, 0.25) is 5.02 Å². The second kappa shape index (κ2) is 10.3. The van der Waals surface area contributed by atoms with Crippen molar-refractivity contribution in [2.75, 3.05) is 11.9 Å². The van der Waals surface area contributed by atoms with Gasteiger partial charge in [-0.15, -0.1) is 0 Å². The minimum Gasteiger partial charge on any atom is -0.493 e. The van der Waals surface area contributed by atoms with Gasteiger partial charge in [-0.25, -0.2) is 4.79 Å². The first-order valence-electron chi connectivity index (χ1n) is 13.9. The molecule has 0 saturated heterocycles. The Kier molecular flexibility index (Phi) is 6.81. The standard InChI is InChI=1S/C32H35ClN2O3/c33-25-7-3-8-26(20-25)35-32(30(36)37)15-13-31(14-16-32)24(19-23-5-1-2-9-28(23)31)6-4-18-38-29-12-17-34-21-27(29)22-10-11-22/h1-3,5,7-9,12,17,20-22,24,35H,4,6,10-11,13-16,18-19H2,(H,36,37). The fourth-order valence-corrected chi connectivity index (χ4v) is 7.21. The number of hydrogen-bond acceptors (Lipinski definition) is 4. The Balaban J connectivity index is 1.16. The quantitative estimate of drug-likeness (QED) is 0.282. The Bertz CT molecular complexity index is 1310. The van der Waals surface area contributed by atoms with E-state index in [4.69, 9.17) is 16.3 Å². The highest BCUT2D eigenvalue weighted by Crippen LogP contribution is 2.55. The first-order valence-corrected chi connectivity index (χ1v) is 14.3. The Morgan fingerprint density at radius 1 is 1.08 bits per heavy atom. The van der Waals surface area contributed by atoms with Crippen LogP contribution in [0.3, 0.4) is 0 Å². The van der Waals surface area contributed by atoms with Gasteiger partial charge in [0.2, 0.25) is 0 Å². The summed E-state index contributed by atoms with van der Waals surface area (Å²) in [7, 11) is 0. The molecule has 1 heterocycles. The largest absolute Gasteiger partial charge is 0.493 e. The van der Waals surface area contributed by atoms with E-state index < -0.39 is 11.5 Å². The average Bonchev–Trinajstić information content (AvgIpc) is 3.73. The first kappa shape index (κ1) is 25.2. The number of nitrogens with one attached hydrogen (secondary N) is 1. The Hall–Kier alpha value is -3.05. The van der Waals surface area contributed by atoms with Crippen molar-refractivity contribution in [1.82, 2.24) is 4.98 Å². The lowest BCUT2D eigenvalue weighted by atomic mass is 9.60. The smallest absolute Gasteiger partial charge is 0.329 e. The second-order valence-corrected chi connectivity index (χ2v) is 11.9. The van der Waals surface area contributed by atoms with Gasteiger partial charge in [-0.2, -0.15) is 0 Å². The number of rotatable bonds is 9. The summed E-state index contributed by atoms with van der Waals surface area (Å²) in [6.07, 6.45) is 12.2. The van der Waals surface area contributed by atoms with Crippen LogP contribution in [0.15, 0.2) is 67.0 Å². The number of pyridine rings is 1. The van der Waals surface area contributed by atoms with E-state index in [-0.39, 0.29) is 5.41 Å². The molecule has 1 unspecified atom stereocenters. The zero-order chi connectivity index (χ0) is 26.2. The SMILES string of the molecule is O=C(O)C1(Nc2cccc(Cl)c2)CCC2(CC1)c1ccccc1CC2CCCOc1ccncc1C1CC1. The van der Waals surface area contributed by atoms with Crippen molar-refractivity contribution in [2.45, 2.75) is 74.7 Å². The summed E-state index contributed by atoms with van der Waals surface area (Å²) in [5.41, 5.74) is 3.90. The monoisotopic (exact) mass is 530 g/mol. The maximum atomic E-state index is 12.6. The fourth-order valence-electron chi connectivity index (χ4n) is 7.02. The topological polar surface area (TPSA) is 71.5 Å². The molecule has 0 amide bonds. The molecule has 3 aliphatic carbocycles. The zero-order valence-electron chi connectivity index (χ0n) is 21.7. The van der Waals surface area contributed by atoms with Crippen LogP contribution in [0.5, 0.6) is 5.75 Å². The van der Waals surface area contributed by atoms with E-state index in [1.807, 2.05) is 36.7 Å². The molecule has 1 aromatic heterocycles. The van der Waals surface area contributed by atoms with Gasteiger partial charge in [-0.05, 0) is 110 Å². The molecule has 38 heavy (non-hydrogen) atoms. The molecule has 0 aliphatic heterocycles. The van der Waals surface area contributed by atoms with Crippen molar-refractivity contribution in [3.8, 4) is 5.75 Å². The van der Waals surface area contributed by atoms with Gasteiger partial charge in [0, 0.05) is 28.7 Å². The van der Waals surface area contributed by atoms with Crippen molar-refractivity contribution in [1.29, 1.82) is 0 Å². The molecule has 6 heteroatoms. The summed E-state index contributed by atoms with van der Waals surface area (Å²) in [6.45, 7) is 0.696. The normalized spacial score (nSPS) is 26.2. The third kappa shape index (κ3) is 4.77. The lowest BCUT2D eigenvalue weighted by molar-refractivity contribution is -0.144. The van der Waals surface area contributed by atoms with Crippen LogP contribution in [-0.4, -0.2) is 28.2 Å². The predicted molar refractivity (Wildman–Crippen MR) is 150 cm³/mol. The number of benzene rings is 2. The van der Waals surface area contributed by atoms with Gasteiger partial charge in [0.1, 0.15) is 11.3 Å². The molecular weight excluding hydrogens is 496 g/mol. The van der Waals surface area contributed by atoms with Gasteiger partial charge in [0.15, 0.2) is 0 Å². The number of ether oxygens (including phenoxy) is 1. The molecule has 2 saturated carbocycles. The Morgan fingerprint density at radius 3 is 2.66 bits per heavy atom. The highest BCUT2D eigenvalue weighted by Gasteiger charge is 2.53. The molecule has 2 N–H and O–H groups in total. The van der Waals surface area contributed by atoms with Crippen LogP contribution in [0.1, 0.15) is 74.0 Å². The average molecular weight is 531 g/mol. The fraction of sp³-hybridized carbons (Fsp3) is 0.438. The zero-order valence-corrected chi connectivity index (χ0v) is 22.4. The van der Waals surface area contributed by atoms with Crippen LogP contribution < -0.4 is 10.1 Å². The number of halogens is 1. The second-order valence-electron chi connectivity index (χ2n) is 11.4. The Morgan fingerprint density at radius 2 is 1.89 bits per heavy atom. The van der Waals surface area contributed by atoms with Crippen LogP contribution in [0.25, 0.3) is 0 Å². The van der Waals surface area contributed by atoms with Crippen LogP contribution in [0, 0.1) is 5.92 Å². The number of carboxylic acids is 1. The summed E-state index contributed by atoms with van der Waals surface area (Å²) in [5.74, 6) is 1.31. The van der Waals surface area contributed by atoms with Gasteiger partial charge in [-0.3, -0.25) is 4.98 Å². The molecule has 2 aromatic carbocycles. The highest BCUT2D eigenvalue weighted by molar-refractivity contribution is 6.30. The molecule has 0 radical (unpaired) electrons. The summed E-state index contributed by atoms with van der Waals surface area (Å²) in [4.78, 5) is 16.9. The van der Waals surface area contributed by atoms with Crippen molar-refractivity contribution in [2.24, 2.45) is 5.92 Å². The molecule has 5 nitrogen and oxygen atoms in total. The maximum Gasteiger partial charge on any atom is 0.329 e. The van der Waals surface area contributed by atoms with E-state index >= 15 is 0 Å². The summed E-state index contributed by atoms with van der Waals surface area (Å²) in [5, 5.41) is 14.3. The van der Waals surface area contributed by atoms with Crippen LogP contribution in [-0.2, 0) is 16.6 Å². The lowest BCUT2D eigenvalue weighted by Crippen LogP contribution is -2.53. The molecule has 3 aliphatic rings. The summed E-state index contributed by atoms with van der Waals surface area (Å²) in [6, 6.07) is 18.2. The molecule has 1 atom stereocenters. The van der Waals surface area contributed by atoms with Gasteiger partial charge in [-0.1, -0.05) is 41.9 Å². The number of aromatic nitrogens is 1. The number of nitrogens with zero attached hydrogens (tertiary/aromatic N) is 1. The van der Waals surface area contributed by atoms with Crippen LogP contribution >= 0.6 is 11.6 Å². The number of hydrogen-bond donors (Lipinski definition) is 2. The third-order valence-electron chi connectivity index (χ3n) is 9.20. The molecule has 2 fully saturated rings. The first-order chi connectivity index (χ1) is 18.5. The van der Waals surface area contributed by atoms with E-state index in [1.165, 1.54) is 29.5 Å². The van der Waals surface area contributed by atoms with Crippen molar-refractivity contribution in [3.05, 3.63) is 88.7 Å². The number of carbonyl (C=O) groups is 1. The number of carboxylic acid groups (broad SMARTS) is 1. The van der Waals surface area contributed by atoms with E-state index in [0.717, 1.165) is 43.5 Å². The molecule has 6 rings (SSSR count). The predicted octanol–water partition coefficient (Wildman–Crippen LogP) is 7.39. The molecule has 1 spiro atoms. The van der Waals surface area contributed by atoms with E-state index in [1.54, 1.807) is 6.07 Å². The van der Waals surface area contributed by atoms with Crippen molar-refractivity contribution < 1.29 is 14.6 Å². The third-order valence-corrected chi connectivity index (χ3v) is 9.43. The minimum atomic E-state index is -0.984. The van der Waals surface area contributed by atoms with Crippen molar-refractivity contribution >= 4 is 23.3 Å². The highest BCUT2D eigenvalue weighted by atomic mass is 35.5. The van der Waals surface area contributed by atoms with Gasteiger partial charge in [0.05, 0.1) is 6.61 Å². The van der Waals surface area contributed by atoms with E-state index in [9.17, 15) is 9.90 Å². The van der Waals surface area contributed by atoms with Gasteiger partial charge >= 0.3 is 5.97 Å². The van der Waals surface area contributed by atoms with Gasteiger partial charge < -0.3 is 15.2 Å². The number of anilines is 1. The number of fused-ring (bicyclic) bond motifs is 2. The summed E-state index contributed by atoms with van der Waals surface area (Å²) < 4.78 is 6.25.